The molecule has 1 aromatic carbocycles. The highest BCUT2D eigenvalue weighted by molar-refractivity contribution is 5.81. The van der Waals surface area contributed by atoms with E-state index in [1.165, 1.54) is 24.8 Å². The summed E-state index contributed by atoms with van der Waals surface area (Å²) in [7, 11) is 4.30. The fourth-order valence-electron chi connectivity index (χ4n) is 3.21. The second kappa shape index (κ2) is 5.70. The van der Waals surface area contributed by atoms with Gasteiger partial charge in [0.2, 0.25) is 5.96 Å². The van der Waals surface area contributed by atoms with Gasteiger partial charge in [-0.3, -0.25) is 0 Å². The molecule has 1 aliphatic carbocycles. The molecule has 0 radical (unpaired) electrons. The minimum Gasteiger partial charge on any atom is -0.342 e. The van der Waals surface area contributed by atoms with Crippen LogP contribution >= 0.6 is 0 Å². The second-order valence-electron chi connectivity index (χ2n) is 5.85. The standard InChI is InChI=1S/C17H23N3/c1-19-13-7-12-18-17(19)20(2)16(15-10-6-11-15)14-8-4-3-5-9-14/h3-5,7-9,12,15-16H,6,10-11,13H2,1-2H3. The Bertz CT molecular complexity index is 502. The van der Waals surface area contributed by atoms with E-state index in [1.807, 2.05) is 6.20 Å². The predicted molar refractivity (Wildman–Crippen MR) is 83.5 cm³/mol. The normalized spacial score (nSPS) is 20.3. The highest BCUT2D eigenvalue weighted by atomic mass is 15.4. The van der Waals surface area contributed by atoms with Crippen LogP contribution in [0.5, 0.6) is 0 Å². The van der Waals surface area contributed by atoms with Gasteiger partial charge in [-0.15, -0.1) is 0 Å². The van der Waals surface area contributed by atoms with E-state index in [1.54, 1.807) is 0 Å². The average Bonchev–Trinajstić information content (AvgIpc) is 2.43. The Balaban J connectivity index is 1.89. The number of nitrogens with zero attached hydrogens (tertiary/aromatic N) is 3. The third-order valence-corrected chi connectivity index (χ3v) is 4.49. The maximum Gasteiger partial charge on any atom is 0.201 e. The lowest BCUT2D eigenvalue weighted by atomic mass is 9.76. The molecule has 1 aliphatic heterocycles. The lowest BCUT2D eigenvalue weighted by Crippen LogP contribution is -2.46. The van der Waals surface area contributed by atoms with Gasteiger partial charge in [0.15, 0.2) is 0 Å². The van der Waals surface area contributed by atoms with E-state index in [0.29, 0.717) is 6.04 Å². The van der Waals surface area contributed by atoms with Crippen LogP contribution in [0.3, 0.4) is 0 Å². The summed E-state index contributed by atoms with van der Waals surface area (Å²) in [5.41, 5.74) is 1.41. The number of benzene rings is 1. The molecule has 3 nitrogen and oxygen atoms in total. The van der Waals surface area contributed by atoms with Crippen LogP contribution in [0, 0.1) is 5.92 Å². The first-order valence-electron chi connectivity index (χ1n) is 7.49. The Kier molecular flexibility index (Phi) is 3.77. The minimum absolute atomic E-state index is 0.442. The summed E-state index contributed by atoms with van der Waals surface area (Å²) >= 11 is 0. The zero-order valence-electron chi connectivity index (χ0n) is 12.4. The molecular weight excluding hydrogens is 246 g/mol. The molecule has 1 fully saturated rings. The van der Waals surface area contributed by atoms with Gasteiger partial charge in [-0.25, -0.2) is 4.99 Å². The average molecular weight is 269 g/mol. The Morgan fingerprint density at radius 1 is 1.25 bits per heavy atom. The molecular formula is C17H23N3. The van der Waals surface area contributed by atoms with Crippen LogP contribution < -0.4 is 0 Å². The first-order chi connectivity index (χ1) is 9.77. The first kappa shape index (κ1) is 13.2. The van der Waals surface area contributed by atoms with E-state index in [9.17, 15) is 0 Å². The zero-order chi connectivity index (χ0) is 13.9. The maximum absolute atomic E-state index is 4.59. The van der Waals surface area contributed by atoms with Crippen molar-refractivity contribution in [3.63, 3.8) is 0 Å². The third kappa shape index (κ3) is 2.45. The molecule has 1 unspecified atom stereocenters. The molecule has 0 N–H and O–H groups in total. The van der Waals surface area contributed by atoms with E-state index in [4.69, 9.17) is 0 Å². The highest BCUT2D eigenvalue weighted by Gasteiger charge is 2.33. The molecule has 1 aromatic rings. The van der Waals surface area contributed by atoms with Crippen molar-refractivity contribution < 1.29 is 0 Å². The van der Waals surface area contributed by atoms with Gasteiger partial charge in [-0.05, 0) is 30.4 Å². The summed E-state index contributed by atoms with van der Waals surface area (Å²) in [6, 6.07) is 11.3. The topological polar surface area (TPSA) is 18.8 Å². The van der Waals surface area contributed by atoms with Crippen LogP contribution in [0.2, 0.25) is 0 Å². The molecule has 2 aliphatic rings. The molecule has 20 heavy (non-hydrogen) atoms. The van der Waals surface area contributed by atoms with Crippen LogP contribution in [0.25, 0.3) is 0 Å². The van der Waals surface area contributed by atoms with Gasteiger partial charge in [-0.2, -0.15) is 0 Å². The molecule has 106 valence electrons. The van der Waals surface area contributed by atoms with Crippen LogP contribution in [0.1, 0.15) is 30.9 Å². The molecule has 0 saturated heterocycles. The van der Waals surface area contributed by atoms with E-state index >= 15 is 0 Å². The van der Waals surface area contributed by atoms with Crippen molar-refractivity contribution >= 4 is 5.96 Å². The largest absolute Gasteiger partial charge is 0.342 e. The number of rotatable bonds is 3. The van der Waals surface area contributed by atoms with Crippen molar-refractivity contribution in [2.45, 2.75) is 25.3 Å². The monoisotopic (exact) mass is 269 g/mol. The number of hydrogen-bond acceptors (Lipinski definition) is 3. The predicted octanol–water partition coefficient (Wildman–Crippen LogP) is 3.27. The van der Waals surface area contributed by atoms with Crippen LogP contribution in [0.4, 0.5) is 0 Å². The summed E-state index contributed by atoms with van der Waals surface area (Å²) in [5.74, 6) is 1.83. The van der Waals surface area contributed by atoms with Crippen LogP contribution in [0.15, 0.2) is 47.6 Å². The Morgan fingerprint density at radius 3 is 2.60 bits per heavy atom. The van der Waals surface area contributed by atoms with Gasteiger partial charge in [0, 0.05) is 26.8 Å². The Hall–Kier alpha value is -1.77. The Morgan fingerprint density at radius 2 is 2.00 bits per heavy atom. The van der Waals surface area contributed by atoms with Gasteiger partial charge in [0.1, 0.15) is 0 Å². The van der Waals surface area contributed by atoms with Crippen molar-refractivity contribution in [3.8, 4) is 0 Å². The quantitative estimate of drug-likeness (QED) is 0.838. The molecule has 0 spiro atoms. The van der Waals surface area contributed by atoms with E-state index in [0.717, 1.165) is 18.4 Å². The molecule has 1 atom stereocenters. The zero-order valence-corrected chi connectivity index (χ0v) is 12.4. The number of aliphatic imine (C=N–C) groups is 1. The lowest BCUT2D eigenvalue weighted by Gasteiger charge is -2.43. The van der Waals surface area contributed by atoms with Crippen LogP contribution in [-0.4, -0.2) is 36.4 Å². The fourth-order valence-corrected chi connectivity index (χ4v) is 3.21. The van der Waals surface area contributed by atoms with Crippen molar-refractivity contribution in [2.75, 3.05) is 20.6 Å². The molecule has 1 heterocycles. The minimum atomic E-state index is 0.442. The molecule has 3 heteroatoms. The number of likely N-dealkylation sites (N-methyl/N-ethyl adjacent to an activating group) is 1. The third-order valence-electron chi connectivity index (χ3n) is 4.49. The number of guanidine groups is 1. The van der Waals surface area contributed by atoms with Gasteiger partial charge in [0.25, 0.3) is 0 Å². The van der Waals surface area contributed by atoms with Crippen molar-refractivity contribution in [1.82, 2.24) is 9.80 Å². The van der Waals surface area contributed by atoms with Crippen molar-refractivity contribution in [1.29, 1.82) is 0 Å². The highest BCUT2D eigenvalue weighted by Crippen LogP contribution is 2.41. The van der Waals surface area contributed by atoms with E-state index in [-0.39, 0.29) is 0 Å². The summed E-state index contributed by atoms with van der Waals surface area (Å²) < 4.78 is 0. The smallest absolute Gasteiger partial charge is 0.201 e. The Labute approximate surface area is 121 Å². The molecule has 0 bridgehead atoms. The van der Waals surface area contributed by atoms with Crippen LogP contribution in [-0.2, 0) is 0 Å². The maximum atomic E-state index is 4.59. The second-order valence-corrected chi connectivity index (χ2v) is 5.85. The van der Waals surface area contributed by atoms with E-state index in [2.05, 4.69) is 65.3 Å². The van der Waals surface area contributed by atoms with Gasteiger partial charge >= 0.3 is 0 Å². The van der Waals surface area contributed by atoms with E-state index < -0.39 is 0 Å². The summed E-state index contributed by atoms with van der Waals surface area (Å²) in [6.45, 7) is 0.940. The SMILES string of the molecule is CN1CC=CN=C1N(C)C(c1ccccc1)C1CCC1. The van der Waals surface area contributed by atoms with Gasteiger partial charge in [0.05, 0.1) is 6.04 Å². The number of hydrogen-bond donors (Lipinski definition) is 0. The van der Waals surface area contributed by atoms with Gasteiger partial charge in [-0.1, -0.05) is 36.8 Å². The first-order valence-corrected chi connectivity index (χ1v) is 7.49. The van der Waals surface area contributed by atoms with Gasteiger partial charge < -0.3 is 9.80 Å². The molecule has 1 saturated carbocycles. The summed E-state index contributed by atoms with van der Waals surface area (Å²) in [5, 5.41) is 0. The summed E-state index contributed by atoms with van der Waals surface area (Å²) in [4.78, 5) is 9.17. The lowest BCUT2D eigenvalue weighted by molar-refractivity contribution is 0.161. The molecule has 0 aromatic heterocycles. The fraction of sp³-hybridized carbons (Fsp3) is 0.471. The van der Waals surface area contributed by atoms with Crippen molar-refractivity contribution in [2.24, 2.45) is 10.9 Å². The molecule has 0 amide bonds. The van der Waals surface area contributed by atoms with Crippen molar-refractivity contribution in [3.05, 3.63) is 48.2 Å². The molecule has 3 rings (SSSR count). The summed E-state index contributed by atoms with van der Waals surface area (Å²) in [6.07, 6.45) is 8.05.